The van der Waals surface area contributed by atoms with Crippen LogP contribution in [0.2, 0.25) is 0 Å². The Hall–Kier alpha value is -2.29. The molecule has 1 amide bonds. The van der Waals surface area contributed by atoms with E-state index in [1.54, 1.807) is 19.2 Å². The van der Waals surface area contributed by atoms with E-state index in [1.807, 2.05) is 25.7 Å². The van der Waals surface area contributed by atoms with Gasteiger partial charge in [-0.25, -0.2) is 0 Å². The molecule has 2 unspecified atom stereocenters. The van der Waals surface area contributed by atoms with Gasteiger partial charge in [-0.1, -0.05) is 32.9 Å². The standard InChI is InChI=1S/C22H34F3N5O/c1-5-20(31)30-13-12-18(15-30)28-21(26-4)27-14-19(29(6-2)7-3)16-8-10-17(11-9-16)22(23,24)25/h8-11,18-19H,5-7,12-15H2,1-4H3,(H2,26,27,28). The molecule has 0 spiro atoms. The molecular weight excluding hydrogens is 407 g/mol. The first-order valence-electron chi connectivity index (χ1n) is 10.9. The van der Waals surface area contributed by atoms with Crippen molar-refractivity contribution in [2.45, 2.75) is 51.9 Å². The Morgan fingerprint density at radius 1 is 1.23 bits per heavy atom. The number of aliphatic imine (C=N–C) groups is 1. The topological polar surface area (TPSA) is 60.0 Å². The second kappa shape index (κ2) is 11.4. The van der Waals surface area contributed by atoms with E-state index < -0.39 is 11.7 Å². The van der Waals surface area contributed by atoms with Gasteiger partial charge in [0.05, 0.1) is 11.6 Å². The van der Waals surface area contributed by atoms with Crippen LogP contribution >= 0.6 is 0 Å². The van der Waals surface area contributed by atoms with Crippen molar-refractivity contribution in [2.24, 2.45) is 4.99 Å². The number of likely N-dealkylation sites (N-methyl/N-ethyl adjacent to an activating group) is 1. The van der Waals surface area contributed by atoms with E-state index in [0.717, 1.165) is 43.8 Å². The molecule has 6 nitrogen and oxygen atoms in total. The van der Waals surface area contributed by atoms with E-state index >= 15 is 0 Å². The molecule has 0 radical (unpaired) electrons. The number of alkyl halides is 3. The predicted octanol–water partition coefficient (Wildman–Crippen LogP) is 3.26. The minimum atomic E-state index is -4.35. The van der Waals surface area contributed by atoms with Crippen LogP contribution in [0.15, 0.2) is 29.3 Å². The van der Waals surface area contributed by atoms with Gasteiger partial charge < -0.3 is 15.5 Å². The molecule has 2 atom stereocenters. The number of nitrogens with one attached hydrogen (secondary N) is 2. The smallest absolute Gasteiger partial charge is 0.354 e. The third kappa shape index (κ3) is 6.85. The second-order valence-corrected chi connectivity index (χ2v) is 7.63. The molecular formula is C22H34F3N5O. The summed E-state index contributed by atoms with van der Waals surface area (Å²) >= 11 is 0. The summed E-state index contributed by atoms with van der Waals surface area (Å²) < 4.78 is 38.8. The highest BCUT2D eigenvalue weighted by Gasteiger charge is 2.31. The van der Waals surface area contributed by atoms with Crippen LogP contribution in [-0.2, 0) is 11.0 Å². The maximum absolute atomic E-state index is 12.9. The van der Waals surface area contributed by atoms with Gasteiger partial charge in [0.15, 0.2) is 5.96 Å². The van der Waals surface area contributed by atoms with E-state index in [9.17, 15) is 18.0 Å². The Kier molecular flexibility index (Phi) is 9.15. The maximum atomic E-state index is 12.9. The van der Waals surface area contributed by atoms with Gasteiger partial charge in [-0.3, -0.25) is 14.7 Å². The Bertz CT molecular complexity index is 732. The van der Waals surface area contributed by atoms with Gasteiger partial charge in [-0.15, -0.1) is 0 Å². The Labute approximate surface area is 182 Å². The van der Waals surface area contributed by atoms with Gasteiger partial charge >= 0.3 is 6.18 Å². The summed E-state index contributed by atoms with van der Waals surface area (Å²) in [5, 5.41) is 6.68. The Morgan fingerprint density at radius 3 is 2.39 bits per heavy atom. The number of rotatable bonds is 8. The minimum absolute atomic E-state index is 0.0995. The highest BCUT2D eigenvalue weighted by Crippen LogP contribution is 2.30. The molecule has 2 N–H and O–H groups in total. The normalized spacial score (nSPS) is 18.4. The van der Waals surface area contributed by atoms with Crippen LogP contribution in [0.1, 0.15) is 50.8 Å². The fraction of sp³-hybridized carbons (Fsp3) is 0.636. The van der Waals surface area contributed by atoms with E-state index in [4.69, 9.17) is 0 Å². The van der Waals surface area contributed by atoms with Crippen molar-refractivity contribution >= 4 is 11.9 Å². The number of amides is 1. The van der Waals surface area contributed by atoms with Crippen molar-refractivity contribution in [3.8, 4) is 0 Å². The van der Waals surface area contributed by atoms with Crippen LogP contribution in [0.4, 0.5) is 13.2 Å². The molecule has 1 aromatic rings. The Balaban J connectivity index is 2.05. The lowest BCUT2D eigenvalue weighted by Crippen LogP contribution is -2.47. The van der Waals surface area contributed by atoms with Crippen LogP contribution in [-0.4, -0.2) is 67.5 Å². The van der Waals surface area contributed by atoms with E-state index in [0.29, 0.717) is 25.5 Å². The molecule has 9 heteroatoms. The molecule has 1 aliphatic rings. The van der Waals surface area contributed by atoms with Crippen LogP contribution in [0, 0.1) is 0 Å². The number of benzene rings is 1. The van der Waals surface area contributed by atoms with Gasteiger partial charge in [0.2, 0.25) is 5.91 Å². The lowest BCUT2D eigenvalue weighted by Gasteiger charge is -2.31. The summed E-state index contributed by atoms with van der Waals surface area (Å²) in [5.41, 5.74) is 0.174. The SMILES string of the molecule is CCC(=O)N1CCC(NC(=NC)NCC(c2ccc(C(F)(F)F)cc2)N(CC)CC)C1. The first-order valence-corrected chi connectivity index (χ1v) is 10.9. The molecule has 1 fully saturated rings. The lowest BCUT2D eigenvalue weighted by atomic mass is 10.0. The summed E-state index contributed by atoms with van der Waals surface area (Å²) in [4.78, 5) is 20.2. The van der Waals surface area contributed by atoms with Crippen LogP contribution in [0.25, 0.3) is 0 Å². The average Bonchev–Trinajstić information content (AvgIpc) is 3.23. The van der Waals surface area contributed by atoms with Crippen molar-refractivity contribution in [3.05, 3.63) is 35.4 Å². The van der Waals surface area contributed by atoms with Crippen molar-refractivity contribution < 1.29 is 18.0 Å². The number of halogens is 3. The van der Waals surface area contributed by atoms with Crippen molar-refractivity contribution in [2.75, 3.05) is 39.8 Å². The van der Waals surface area contributed by atoms with E-state index in [-0.39, 0.29) is 18.0 Å². The molecule has 1 saturated heterocycles. The fourth-order valence-corrected chi connectivity index (χ4v) is 3.93. The number of hydrogen-bond acceptors (Lipinski definition) is 3. The third-order valence-corrected chi connectivity index (χ3v) is 5.75. The second-order valence-electron chi connectivity index (χ2n) is 7.63. The third-order valence-electron chi connectivity index (χ3n) is 5.75. The zero-order chi connectivity index (χ0) is 23.0. The largest absolute Gasteiger partial charge is 0.416 e. The van der Waals surface area contributed by atoms with Crippen molar-refractivity contribution in [3.63, 3.8) is 0 Å². The van der Waals surface area contributed by atoms with Crippen molar-refractivity contribution in [1.82, 2.24) is 20.4 Å². The Morgan fingerprint density at radius 2 is 1.87 bits per heavy atom. The maximum Gasteiger partial charge on any atom is 0.416 e. The molecule has 31 heavy (non-hydrogen) atoms. The average molecular weight is 442 g/mol. The van der Waals surface area contributed by atoms with Crippen LogP contribution < -0.4 is 10.6 Å². The van der Waals surface area contributed by atoms with Crippen molar-refractivity contribution in [1.29, 1.82) is 0 Å². The lowest BCUT2D eigenvalue weighted by molar-refractivity contribution is -0.137. The fourth-order valence-electron chi connectivity index (χ4n) is 3.93. The first-order chi connectivity index (χ1) is 14.7. The minimum Gasteiger partial charge on any atom is -0.354 e. The van der Waals surface area contributed by atoms with E-state index in [2.05, 4.69) is 20.5 Å². The zero-order valence-corrected chi connectivity index (χ0v) is 18.8. The number of guanidine groups is 1. The van der Waals surface area contributed by atoms with E-state index in [1.165, 1.54) is 0 Å². The molecule has 1 aliphatic heterocycles. The molecule has 0 bridgehead atoms. The highest BCUT2D eigenvalue weighted by atomic mass is 19.4. The van der Waals surface area contributed by atoms with Gasteiger partial charge in [-0.05, 0) is 37.2 Å². The molecule has 0 aliphatic carbocycles. The van der Waals surface area contributed by atoms with Crippen LogP contribution in [0.3, 0.4) is 0 Å². The summed E-state index contributed by atoms with van der Waals surface area (Å²) in [7, 11) is 1.68. The predicted molar refractivity (Wildman–Crippen MR) is 117 cm³/mol. The van der Waals surface area contributed by atoms with Gasteiger partial charge in [0.25, 0.3) is 0 Å². The summed E-state index contributed by atoms with van der Waals surface area (Å²) in [6.07, 6.45) is -3.00. The zero-order valence-electron chi connectivity index (χ0n) is 18.8. The quantitative estimate of drug-likeness (QED) is 0.480. The first kappa shape index (κ1) is 25.0. The summed E-state index contributed by atoms with van der Waals surface area (Å²) in [5.74, 6) is 0.774. The number of likely N-dealkylation sites (tertiary alicyclic amines) is 1. The molecule has 0 saturated carbocycles. The summed E-state index contributed by atoms with van der Waals surface area (Å²) in [6.45, 7) is 9.34. The molecule has 174 valence electrons. The van der Waals surface area contributed by atoms with Gasteiger partial charge in [0, 0.05) is 39.1 Å². The molecule has 1 heterocycles. The molecule has 2 rings (SSSR count). The number of carbonyl (C=O) groups is 1. The summed E-state index contributed by atoms with van der Waals surface area (Å²) in [6, 6.07) is 5.40. The number of carbonyl (C=O) groups excluding carboxylic acids is 1. The highest BCUT2D eigenvalue weighted by molar-refractivity contribution is 5.80. The van der Waals surface area contributed by atoms with Crippen LogP contribution in [0.5, 0.6) is 0 Å². The number of hydrogen-bond donors (Lipinski definition) is 2. The molecule has 1 aromatic carbocycles. The monoisotopic (exact) mass is 441 g/mol. The molecule has 0 aromatic heterocycles. The number of nitrogens with zero attached hydrogens (tertiary/aromatic N) is 3. The van der Waals surface area contributed by atoms with Gasteiger partial charge in [-0.2, -0.15) is 13.2 Å². The van der Waals surface area contributed by atoms with Gasteiger partial charge in [0.1, 0.15) is 0 Å².